The predicted octanol–water partition coefficient (Wildman–Crippen LogP) is 2.73. The number of hydrogen-bond acceptors (Lipinski definition) is 3. The van der Waals surface area contributed by atoms with E-state index < -0.39 is 0 Å². The Morgan fingerprint density at radius 2 is 1.79 bits per heavy atom. The number of rotatable bonds is 6. The van der Waals surface area contributed by atoms with Crippen molar-refractivity contribution in [2.75, 3.05) is 13.7 Å². The van der Waals surface area contributed by atoms with Crippen LogP contribution in [0.1, 0.15) is 11.1 Å². The van der Waals surface area contributed by atoms with Crippen molar-refractivity contribution in [2.45, 2.75) is 13.0 Å². The van der Waals surface area contributed by atoms with Crippen LogP contribution in [0.5, 0.6) is 11.5 Å². The second-order valence-electron chi connectivity index (χ2n) is 4.36. The zero-order valence-corrected chi connectivity index (χ0v) is 11.1. The van der Waals surface area contributed by atoms with Crippen LogP contribution in [0.15, 0.2) is 48.5 Å². The van der Waals surface area contributed by atoms with E-state index in [2.05, 4.69) is 5.32 Å². The Balaban J connectivity index is 2.12. The van der Waals surface area contributed by atoms with Crippen LogP contribution in [0.25, 0.3) is 0 Å². The molecule has 0 unspecified atom stereocenters. The van der Waals surface area contributed by atoms with Gasteiger partial charge in [-0.1, -0.05) is 30.3 Å². The van der Waals surface area contributed by atoms with Crippen molar-refractivity contribution >= 4 is 0 Å². The van der Waals surface area contributed by atoms with Gasteiger partial charge in [-0.25, -0.2) is 0 Å². The molecular weight excluding hydrogens is 238 g/mol. The van der Waals surface area contributed by atoms with Crippen LogP contribution in [0.3, 0.4) is 0 Å². The average Bonchev–Trinajstić information content (AvgIpc) is 2.44. The Hall–Kier alpha value is -1.84. The van der Waals surface area contributed by atoms with Gasteiger partial charge in [-0.15, -0.1) is 0 Å². The largest absolute Gasteiger partial charge is 0.457 e. The number of aliphatic hydroxyl groups excluding tert-OH is 1. The normalized spacial score (nSPS) is 10.4. The second-order valence-corrected chi connectivity index (χ2v) is 4.36. The molecule has 0 aromatic heterocycles. The summed E-state index contributed by atoms with van der Waals surface area (Å²) in [7, 11) is 1.92. The minimum absolute atomic E-state index is 0.172. The van der Waals surface area contributed by atoms with Gasteiger partial charge in [0, 0.05) is 18.7 Å². The summed E-state index contributed by atoms with van der Waals surface area (Å²) in [5.74, 6) is 1.68. The molecular formula is C16H19NO2. The Kier molecular flexibility index (Phi) is 4.95. The summed E-state index contributed by atoms with van der Waals surface area (Å²) in [4.78, 5) is 0. The molecule has 0 aliphatic heterocycles. The third-order valence-electron chi connectivity index (χ3n) is 2.89. The van der Waals surface area contributed by atoms with E-state index in [9.17, 15) is 0 Å². The van der Waals surface area contributed by atoms with E-state index in [0.717, 1.165) is 29.2 Å². The van der Waals surface area contributed by atoms with Gasteiger partial charge in [0.25, 0.3) is 0 Å². The highest BCUT2D eigenvalue weighted by Gasteiger charge is 2.03. The van der Waals surface area contributed by atoms with Crippen molar-refractivity contribution < 1.29 is 9.84 Å². The molecule has 0 aliphatic rings. The van der Waals surface area contributed by atoms with Crippen molar-refractivity contribution in [2.24, 2.45) is 0 Å². The average molecular weight is 257 g/mol. The van der Waals surface area contributed by atoms with Gasteiger partial charge in [0.15, 0.2) is 0 Å². The van der Waals surface area contributed by atoms with E-state index in [1.54, 1.807) is 0 Å². The maximum absolute atomic E-state index is 8.88. The zero-order valence-electron chi connectivity index (χ0n) is 11.1. The van der Waals surface area contributed by atoms with Crippen LogP contribution < -0.4 is 10.1 Å². The summed E-state index contributed by atoms with van der Waals surface area (Å²) in [6.45, 7) is 0.948. The van der Waals surface area contributed by atoms with E-state index in [-0.39, 0.29) is 6.61 Å². The summed E-state index contributed by atoms with van der Waals surface area (Å²) in [6, 6.07) is 15.8. The Morgan fingerprint density at radius 1 is 1.05 bits per heavy atom. The maximum Gasteiger partial charge on any atom is 0.131 e. The number of benzene rings is 2. The number of para-hydroxylation sites is 1. The SMILES string of the molecule is CNCc1ccccc1Oc1ccc(CCO)cc1. The van der Waals surface area contributed by atoms with E-state index in [1.165, 1.54) is 0 Å². The molecule has 0 heterocycles. The third-order valence-corrected chi connectivity index (χ3v) is 2.89. The van der Waals surface area contributed by atoms with Crippen molar-refractivity contribution in [1.29, 1.82) is 0 Å². The highest BCUT2D eigenvalue weighted by atomic mass is 16.5. The van der Waals surface area contributed by atoms with Crippen molar-refractivity contribution in [3.8, 4) is 11.5 Å². The lowest BCUT2D eigenvalue weighted by atomic mass is 10.1. The van der Waals surface area contributed by atoms with Gasteiger partial charge in [-0.05, 0) is 37.2 Å². The van der Waals surface area contributed by atoms with Crippen LogP contribution in [0.2, 0.25) is 0 Å². The number of ether oxygens (including phenoxy) is 1. The summed E-state index contributed by atoms with van der Waals surface area (Å²) < 4.78 is 5.89. The van der Waals surface area contributed by atoms with Gasteiger partial charge < -0.3 is 15.2 Å². The number of hydrogen-bond donors (Lipinski definition) is 2. The second kappa shape index (κ2) is 6.92. The van der Waals surface area contributed by atoms with Crippen molar-refractivity contribution in [1.82, 2.24) is 5.32 Å². The van der Waals surface area contributed by atoms with Gasteiger partial charge in [0.05, 0.1) is 0 Å². The first-order valence-corrected chi connectivity index (χ1v) is 6.43. The molecule has 3 heteroatoms. The van der Waals surface area contributed by atoms with Gasteiger partial charge in [-0.2, -0.15) is 0 Å². The fourth-order valence-corrected chi connectivity index (χ4v) is 1.92. The highest BCUT2D eigenvalue weighted by molar-refractivity contribution is 5.38. The molecule has 19 heavy (non-hydrogen) atoms. The van der Waals surface area contributed by atoms with Crippen LogP contribution >= 0.6 is 0 Å². The topological polar surface area (TPSA) is 41.5 Å². The Labute approximate surface area is 113 Å². The molecule has 0 atom stereocenters. The molecule has 100 valence electrons. The van der Waals surface area contributed by atoms with Gasteiger partial charge in [0.2, 0.25) is 0 Å². The monoisotopic (exact) mass is 257 g/mol. The first-order chi connectivity index (χ1) is 9.33. The van der Waals surface area contributed by atoms with Gasteiger partial charge in [-0.3, -0.25) is 0 Å². The zero-order chi connectivity index (χ0) is 13.5. The predicted molar refractivity (Wildman–Crippen MR) is 76.5 cm³/mol. The first-order valence-electron chi connectivity index (χ1n) is 6.43. The fourth-order valence-electron chi connectivity index (χ4n) is 1.92. The third kappa shape index (κ3) is 3.81. The van der Waals surface area contributed by atoms with Gasteiger partial charge in [0.1, 0.15) is 11.5 Å². The quantitative estimate of drug-likeness (QED) is 0.836. The Bertz CT molecular complexity index is 508. The molecule has 0 saturated heterocycles. The molecule has 0 amide bonds. The highest BCUT2D eigenvalue weighted by Crippen LogP contribution is 2.25. The maximum atomic E-state index is 8.88. The molecule has 2 aromatic rings. The van der Waals surface area contributed by atoms with Crippen LogP contribution in [-0.2, 0) is 13.0 Å². The fraction of sp³-hybridized carbons (Fsp3) is 0.250. The van der Waals surface area contributed by atoms with Crippen molar-refractivity contribution in [3.63, 3.8) is 0 Å². The minimum Gasteiger partial charge on any atom is -0.457 e. The molecule has 0 fully saturated rings. The summed E-state index contributed by atoms with van der Waals surface area (Å²) in [5.41, 5.74) is 2.24. The van der Waals surface area contributed by atoms with E-state index in [4.69, 9.17) is 9.84 Å². The number of nitrogens with one attached hydrogen (secondary N) is 1. The first kappa shape index (κ1) is 13.6. The molecule has 0 bridgehead atoms. The molecule has 3 nitrogen and oxygen atoms in total. The summed E-state index contributed by atoms with van der Waals surface area (Å²) in [6.07, 6.45) is 0.677. The molecule has 2 rings (SSSR count). The molecule has 0 radical (unpaired) electrons. The lowest BCUT2D eigenvalue weighted by Crippen LogP contribution is -2.06. The van der Waals surface area contributed by atoms with E-state index in [0.29, 0.717) is 6.42 Å². The smallest absolute Gasteiger partial charge is 0.131 e. The Morgan fingerprint density at radius 3 is 2.47 bits per heavy atom. The van der Waals surface area contributed by atoms with E-state index in [1.807, 2.05) is 55.6 Å². The minimum atomic E-state index is 0.172. The van der Waals surface area contributed by atoms with Crippen LogP contribution in [0.4, 0.5) is 0 Å². The molecule has 2 aromatic carbocycles. The van der Waals surface area contributed by atoms with Crippen LogP contribution in [-0.4, -0.2) is 18.8 Å². The van der Waals surface area contributed by atoms with Gasteiger partial charge >= 0.3 is 0 Å². The standard InChI is InChI=1S/C16H19NO2/c1-17-12-14-4-2-3-5-16(14)19-15-8-6-13(7-9-15)10-11-18/h2-9,17-18H,10-12H2,1H3. The van der Waals surface area contributed by atoms with Crippen LogP contribution in [0, 0.1) is 0 Å². The number of aliphatic hydroxyl groups is 1. The lowest BCUT2D eigenvalue weighted by Gasteiger charge is -2.11. The molecule has 0 saturated carbocycles. The molecule has 0 spiro atoms. The molecule has 2 N–H and O–H groups in total. The molecule has 0 aliphatic carbocycles. The summed E-state index contributed by atoms with van der Waals surface area (Å²) >= 11 is 0. The lowest BCUT2D eigenvalue weighted by molar-refractivity contribution is 0.299. The van der Waals surface area contributed by atoms with Crippen molar-refractivity contribution in [3.05, 3.63) is 59.7 Å². The summed E-state index contributed by atoms with van der Waals surface area (Å²) in [5, 5.41) is 12.0. The van der Waals surface area contributed by atoms with E-state index >= 15 is 0 Å².